The van der Waals surface area contributed by atoms with Gasteiger partial charge in [0.1, 0.15) is 0 Å². The van der Waals surface area contributed by atoms with E-state index < -0.39 is 5.78 Å². The SMILES string of the molecule is [N-]=[N+]=NCC(=O)c1cc(Cl)c(Cl)cc1N. The van der Waals surface area contributed by atoms with Gasteiger partial charge in [-0.05, 0) is 17.7 Å². The number of hydrogen-bond acceptors (Lipinski definition) is 3. The van der Waals surface area contributed by atoms with Crippen LogP contribution in [0.15, 0.2) is 17.2 Å². The van der Waals surface area contributed by atoms with E-state index in [-0.39, 0.29) is 27.8 Å². The minimum atomic E-state index is -0.399. The lowest BCUT2D eigenvalue weighted by molar-refractivity contribution is 0.100. The Morgan fingerprint density at radius 2 is 2.07 bits per heavy atom. The topological polar surface area (TPSA) is 91.9 Å². The van der Waals surface area contributed by atoms with Gasteiger partial charge in [-0.2, -0.15) is 0 Å². The summed E-state index contributed by atoms with van der Waals surface area (Å²) >= 11 is 11.4. The predicted molar refractivity (Wildman–Crippen MR) is 59.2 cm³/mol. The quantitative estimate of drug-likeness (QED) is 0.291. The molecular weight excluding hydrogens is 239 g/mol. The van der Waals surface area contributed by atoms with Crippen LogP contribution in [0.25, 0.3) is 10.4 Å². The molecule has 0 radical (unpaired) electrons. The number of benzene rings is 1. The molecule has 0 aliphatic heterocycles. The molecule has 0 amide bonds. The third-order valence-electron chi connectivity index (χ3n) is 1.67. The van der Waals surface area contributed by atoms with Gasteiger partial charge in [-0.25, -0.2) is 0 Å². The first-order valence-corrected chi connectivity index (χ1v) is 4.60. The Kier molecular flexibility index (Phi) is 3.80. The number of hydrogen-bond donors (Lipinski definition) is 1. The van der Waals surface area contributed by atoms with Crippen LogP contribution in [0.1, 0.15) is 10.4 Å². The second kappa shape index (κ2) is 4.89. The molecule has 0 heterocycles. The fourth-order valence-electron chi connectivity index (χ4n) is 0.985. The molecule has 0 aliphatic rings. The lowest BCUT2D eigenvalue weighted by atomic mass is 10.1. The summed E-state index contributed by atoms with van der Waals surface area (Å²) in [6, 6.07) is 2.74. The molecule has 0 saturated heterocycles. The number of halogens is 2. The maximum absolute atomic E-state index is 11.4. The third-order valence-corrected chi connectivity index (χ3v) is 2.39. The predicted octanol–water partition coefficient (Wildman–Crippen LogP) is 3.07. The fourth-order valence-corrected chi connectivity index (χ4v) is 1.32. The van der Waals surface area contributed by atoms with Crippen LogP contribution in [-0.4, -0.2) is 12.3 Å². The maximum Gasteiger partial charge on any atom is 0.170 e. The number of ketones is 1. The molecule has 1 rings (SSSR count). The average molecular weight is 245 g/mol. The molecule has 0 unspecified atom stereocenters. The van der Waals surface area contributed by atoms with E-state index in [1.807, 2.05) is 0 Å². The standard InChI is InChI=1S/C8H6Cl2N4O/c9-5-1-4(7(11)2-6(5)10)8(15)3-13-14-12/h1-2H,3,11H2. The van der Waals surface area contributed by atoms with Crippen molar-refractivity contribution in [2.24, 2.45) is 5.11 Å². The van der Waals surface area contributed by atoms with Crippen LogP contribution in [0.5, 0.6) is 0 Å². The Hall–Kier alpha value is -1.42. The van der Waals surface area contributed by atoms with E-state index in [1.54, 1.807) is 0 Å². The molecule has 0 spiro atoms. The van der Waals surface area contributed by atoms with E-state index in [4.69, 9.17) is 34.5 Å². The van der Waals surface area contributed by atoms with E-state index in [0.29, 0.717) is 0 Å². The van der Waals surface area contributed by atoms with Crippen molar-refractivity contribution >= 4 is 34.7 Å². The average Bonchev–Trinajstić information content (AvgIpc) is 2.20. The van der Waals surface area contributed by atoms with E-state index in [0.717, 1.165) is 0 Å². The van der Waals surface area contributed by atoms with Gasteiger partial charge >= 0.3 is 0 Å². The molecule has 15 heavy (non-hydrogen) atoms. The van der Waals surface area contributed by atoms with Crippen LogP contribution in [0, 0.1) is 0 Å². The van der Waals surface area contributed by atoms with Gasteiger partial charge in [0.05, 0.1) is 16.6 Å². The highest BCUT2D eigenvalue weighted by atomic mass is 35.5. The fraction of sp³-hybridized carbons (Fsp3) is 0.125. The number of nitrogens with two attached hydrogens (primary N) is 1. The zero-order valence-electron chi connectivity index (χ0n) is 7.44. The van der Waals surface area contributed by atoms with Crippen LogP contribution in [0.3, 0.4) is 0 Å². The molecule has 0 saturated carbocycles. The van der Waals surface area contributed by atoms with Crippen LogP contribution in [0.2, 0.25) is 10.0 Å². The van der Waals surface area contributed by atoms with Crippen molar-refractivity contribution < 1.29 is 4.79 Å². The molecule has 1 aromatic rings. The van der Waals surface area contributed by atoms with Gasteiger partial charge in [-0.15, -0.1) is 0 Å². The number of anilines is 1. The molecule has 0 fully saturated rings. The maximum atomic E-state index is 11.4. The van der Waals surface area contributed by atoms with Crippen molar-refractivity contribution in [1.29, 1.82) is 0 Å². The summed E-state index contributed by atoms with van der Waals surface area (Å²) in [4.78, 5) is 13.9. The number of rotatable bonds is 3. The Labute approximate surface area is 95.4 Å². The number of azide groups is 1. The zero-order chi connectivity index (χ0) is 11.4. The largest absolute Gasteiger partial charge is 0.398 e. The third kappa shape index (κ3) is 2.76. The molecule has 0 aliphatic carbocycles. The second-order valence-corrected chi connectivity index (χ2v) is 3.48. The lowest BCUT2D eigenvalue weighted by Gasteiger charge is -2.04. The Balaban J connectivity index is 3.09. The summed E-state index contributed by atoms with van der Waals surface area (Å²) in [5.74, 6) is -0.399. The first-order valence-electron chi connectivity index (χ1n) is 3.85. The van der Waals surface area contributed by atoms with Gasteiger partial charge in [0, 0.05) is 16.2 Å². The van der Waals surface area contributed by atoms with Gasteiger partial charge in [-0.1, -0.05) is 28.3 Å². The highest BCUT2D eigenvalue weighted by Gasteiger charge is 2.11. The number of nitrogen functional groups attached to an aromatic ring is 1. The van der Waals surface area contributed by atoms with Crippen LogP contribution < -0.4 is 5.73 Å². The van der Waals surface area contributed by atoms with Crippen LogP contribution >= 0.6 is 23.2 Å². The highest BCUT2D eigenvalue weighted by Crippen LogP contribution is 2.27. The van der Waals surface area contributed by atoms with Gasteiger partial charge < -0.3 is 5.73 Å². The molecule has 0 atom stereocenters. The molecule has 1 aromatic carbocycles. The molecule has 5 nitrogen and oxygen atoms in total. The summed E-state index contributed by atoms with van der Waals surface area (Å²) in [6.45, 7) is -0.293. The summed E-state index contributed by atoms with van der Waals surface area (Å²) in [7, 11) is 0. The molecule has 0 aromatic heterocycles. The first kappa shape index (κ1) is 11.7. The summed E-state index contributed by atoms with van der Waals surface area (Å²) < 4.78 is 0. The number of carbonyl (C=O) groups is 1. The Bertz CT molecular complexity index is 454. The molecule has 7 heteroatoms. The first-order chi connectivity index (χ1) is 7.06. The lowest BCUT2D eigenvalue weighted by Crippen LogP contribution is -2.06. The van der Waals surface area contributed by atoms with Crippen molar-refractivity contribution in [3.63, 3.8) is 0 Å². The monoisotopic (exact) mass is 244 g/mol. The van der Waals surface area contributed by atoms with Gasteiger partial charge in [0.2, 0.25) is 0 Å². The van der Waals surface area contributed by atoms with Gasteiger partial charge in [0.25, 0.3) is 0 Å². The van der Waals surface area contributed by atoms with Crippen LogP contribution in [0.4, 0.5) is 5.69 Å². The van der Waals surface area contributed by atoms with E-state index in [1.165, 1.54) is 12.1 Å². The molecule has 78 valence electrons. The van der Waals surface area contributed by atoms with Crippen molar-refractivity contribution in [2.75, 3.05) is 12.3 Å². The Morgan fingerprint density at radius 3 is 2.67 bits per heavy atom. The summed E-state index contributed by atoms with van der Waals surface area (Å²) in [6.07, 6.45) is 0. The minimum absolute atomic E-state index is 0.205. The van der Waals surface area contributed by atoms with E-state index in [2.05, 4.69) is 10.0 Å². The number of carbonyl (C=O) groups excluding carboxylic acids is 1. The molecule has 2 N–H and O–H groups in total. The highest BCUT2D eigenvalue weighted by molar-refractivity contribution is 6.42. The van der Waals surface area contributed by atoms with Crippen molar-refractivity contribution in [2.45, 2.75) is 0 Å². The normalized spacial score (nSPS) is 9.47. The summed E-state index contributed by atoms with van der Waals surface area (Å²) in [5.41, 5.74) is 14.0. The van der Waals surface area contributed by atoms with Gasteiger partial charge in [0.15, 0.2) is 5.78 Å². The van der Waals surface area contributed by atoms with Gasteiger partial charge in [-0.3, -0.25) is 4.79 Å². The number of Topliss-reactive ketones (excluding diaryl/α,β-unsaturated/α-hetero) is 1. The summed E-state index contributed by atoms with van der Waals surface area (Å²) in [5, 5.41) is 3.65. The van der Waals surface area contributed by atoms with Crippen molar-refractivity contribution in [3.8, 4) is 0 Å². The smallest absolute Gasteiger partial charge is 0.170 e. The molecular formula is C8H6Cl2N4O. The minimum Gasteiger partial charge on any atom is -0.398 e. The van der Waals surface area contributed by atoms with Crippen LogP contribution in [-0.2, 0) is 0 Å². The van der Waals surface area contributed by atoms with Crippen molar-refractivity contribution in [3.05, 3.63) is 38.2 Å². The number of nitrogens with zero attached hydrogens (tertiary/aromatic N) is 3. The van der Waals surface area contributed by atoms with E-state index >= 15 is 0 Å². The second-order valence-electron chi connectivity index (χ2n) is 2.67. The zero-order valence-corrected chi connectivity index (χ0v) is 8.96. The van der Waals surface area contributed by atoms with E-state index in [9.17, 15) is 4.79 Å². The molecule has 0 bridgehead atoms. The Morgan fingerprint density at radius 1 is 1.47 bits per heavy atom. The van der Waals surface area contributed by atoms with Crippen molar-refractivity contribution in [1.82, 2.24) is 0 Å².